The van der Waals surface area contributed by atoms with E-state index in [1.165, 1.54) is 0 Å². The maximum Gasteiger partial charge on any atom is 0.252 e. The minimum absolute atomic E-state index is 0.139. The molecule has 0 fully saturated rings. The minimum Gasteiger partial charge on any atom is -0.398 e. The van der Waals surface area contributed by atoms with Gasteiger partial charge in [0.05, 0.1) is 0 Å². The van der Waals surface area contributed by atoms with Crippen LogP contribution in [0, 0.1) is 0 Å². The van der Waals surface area contributed by atoms with Gasteiger partial charge in [-0.2, -0.15) is 0 Å². The predicted octanol–water partition coefficient (Wildman–Crippen LogP) is 4.92. The van der Waals surface area contributed by atoms with Crippen molar-refractivity contribution in [1.82, 2.24) is 10.6 Å². The lowest BCUT2D eigenvalue weighted by atomic mass is 9.97. The Morgan fingerprint density at radius 2 is 1.69 bits per heavy atom. The molecule has 29 heavy (non-hydrogen) atoms. The van der Waals surface area contributed by atoms with Crippen LogP contribution in [0.25, 0.3) is 5.57 Å². The summed E-state index contributed by atoms with van der Waals surface area (Å²) in [6, 6.07) is 12.6. The van der Waals surface area contributed by atoms with Crippen LogP contribution in [-0.2, 0) is 11.3 Å². The molecule has 0 aliphatic rings. The monoisotopic (exact) mass is 459 g/mol. The Kier molecular flexibility index (Phi) is 10.2. The number of nitrogens with one attached hydrogen (secondary N) is 2. The fourth-order valence-electron chi connectivity index (χ4n) is 2.66. The normalized spacial score (nSPS) is 11.0. The van der Waals surface area contributed by atoms with Crippen molar-refractivity contribution >= 4 is 39.0 Å². The Morgan fingerprint density at radius 1 is 1.07 bits per heavy atom. The van der Waals surface area contributed by atoms with E-state index in [9.17, 15) is 9.59 Å². The Bertz CT molecular complexity index is 874. The SMILES string of the molecule is CC.CCC(C)=C(C(=O)NCc1ccc(C(=O)NC)cc1)c1cc(Br)ccc1N. The molecule has 2 rings (SSSR count). The summed E-state index contributed by atoms with van der Waals surface area (Å²) in [5.41, 5.74) is 10.4. The van der Waals surface area contributed by atoms with Crippen molar-refractivity contribution in [1.29, 1.82) is 0 Å². The third kappa shape index (κ3) is 6.75. The maximum atomic E-state index is 12.9. The van der Waals surface area contributed by atoms with Gasteiger partial charge in [0.2, 0.25) is 0 Å². The van der Waals surface area contributed by atoms with Gasteiger partial charge in [0, 0.05) is 40.5 Å². The van der Waals surface area contributed by atoms with Gasteiger partial charge in [0.1, 0.15) is 0 Å². The average molecular weight is 460 g/mol. The Hall–Kier alpha value is -2.60. The molecule has 5 nitrogen and oxygen atoms in total. The van der Waals surface area contributed by atoms with Gasteiger partial charge in [0.15, 0.2) is 0 Å². The molecule has 0 unspecified atom stereocenters. The molecule has 2 amide bonds. The largest absolute Gasteiger partial charge is 0.398 e. The van der Waals surface area contributed by atoms with Gasteiger partial charge < -0.3 is 16.4 Å². The van der Waals surface area contributed by atoms with Crippen molar-refractivity contribution in [3.8, 4) is 0 Å². The molecule has 0 spiro atoms. The first-order valence-corrected chi connectivity index (χ1v) is 10.5. The highest BCUT2D eigenvalue weighted by molar-refractivity contribution is 9.10. The van der Waals surface area contributed by atoms with E-state index < -0.39 is 0 Å². The third-order valence-electron chi connectivity index (χ3n) is 4.37. The molecule has 2 aromatic carbocycles. The van der Waals surface area contributed by atoms with Crippen molar-refractivity contribution in [2.45, 2.75) is 40.7 Å². The van der Waals surface area contributed by atoms with E-state index in [-0.39, 0.29) is 11.8 Å². The first kappa shape index (κ1) is 24.4. The number of rotatable bonds is 6. The van der Waals surface area contributed by atoms with E-state index >= 15 is 0 Å². The zero-order valence-corrected chi connectivity index (χ0v) is 19.3. The molecular weight excluding hydrogens is 430 g/mol. The molecule has 0 radical (unpaired) electrons. The molecule has 6 heteroatoms. The smallest absolute Gasteiger partial charge is 0.252 e. The standard InChI is InChI=1S/C21H24BrN3O2.C2H6/c1-4-13(2)19(17-11-16(22)9-10-18(17)23)21(27)25-12-14-5-7-15(8-6-14)20(26)24-3;1-2/h5-11H,4,12,23H2,1-3H3,(H,24,26)(H,25,27);1-2H3. The highest BCUT2D eigenvalue weighted by Crippen LogP contribution is 2.29. The number of hydrogen-bond acceptors (Lipinski definition) is 3. The molecule has 0 aromatic heterocycles. The van der Waals surface area contributed by atoms with Crippen LogP contribution in [0.1, 0.15) is 55.6 Å². The van der Waals surface area contributed by atoms with Gasteiger partial charge in [-0.05, 0) is 49.2 Å². The summed E-state index contributed by atoms with van der Waals surface area (Å²) >= 11 is 3.44. The molecule has 0 aliphatic carbocycles. The maximum absolute atomic E-state index is 12.9. The number of carbonyl (C=O) groups is 2. The summed E-state index contributed by atoms with van der Waals surface area (Å²) < 4.78 is 0.866. The van der Waals surface area contributed by atoms with Crippen LogP contribution in [0.5, 0.6) is 0 Å². The molecule has 2 aromatic rings. The van der Waals surface area contributed by atoms with Gasteiger partial charge in [-0.25, -0.2) is 0 Å². The molecule has 4 N–H and O–H groups in total. The van der Waals surface area contributed by atoms with E-state index in [2.05, 4.69) is 26.6 Å². The summed E-state index contributed by atoms with van der Waals surface area (Å²) in [7, 11) is 1.59. The first-order chi connectivity index (χ1) is 13.9. The summed E-state index contributed by atoms with van der Waals surface area (Å²) in [6.07, 6.45) is 0.746. The molecule has 156 valence electrons. The quantitative estimate of drug-likeness (QED) is 0.423. The number of allylic oxidation sites excluding steroid dienone is 1. The fraction of sp³-hybridized carbons (Fsp3) is 0.304. The zero-order chi connectivity index (χ0) is 22.0. The Morgan fingerprint density at radius 3 is 2.24 bits per heavy atom. The second kappa shape index (κ2) is 12.1. The summed E-state index contributed by atoms with van der Waals surface area (Å²) in [6.45, 7) is 8.31. The van der Waals surface area contributed by atoms with Crippen molar-refractivity contribution in [2.24, 2.45) is 0 Å². The lowest BCUT2D eigenvalue weighted by molar-refractivity contribution is -0.115. The number of halogens is 1. The highest BCUT2D eigenvalue weighted by Gasteiger charge is 2.17. The Labute approximate surface area is 181 Å². The number of nitrogens with two attached hydrogens (primary N) is 1. The number of nitrogen functional groups attached to an aromatic ring is 1. The van der Waals surface area contributed by atoms with Crippen LogP contribution >= 0.6 is 15.9 Å². The third-order valence-corrected chi connectivity index (χ3v) is 4.86. The summed E-state index contributed by atoms with van der Waals surface area (Å²) in [4.78, 5) is 24.5. The second-order valence-electron chi connectivity index (χ2n) is 6.20. The van der Waals surface area contributed by atoms with E-state index in [0.29, 0.717) is 23.4 Å². The lowest BCUT2D eigenvalue weighted by Gasteiger charge is -2.15. The molecular formula is C23H30BrN3O2. The van der Waals surface area contributed by atoms with Crippen molar-refractivity contribution < 1.29 is 9.59 Å². The van der Waals surface area contributed by atoms with E-state index in [1.807, 2.05) is 52.0 Å². The topological polar surface area (TPSA) is 84.2 Å². The van der Waals surface area contributed by atoms with Gasteiger partial charge in [-0.3, -0.25) is 9.59 Å². The number of amides is 2. The van der Waals surface area contributed by atoms with Crippen LogP contribution < -0.4 is 16.4 Å². The first-order valence-electron chi connectivity index (χ1n) is 9.71. The summed E-state index contributed by atoms with van der Waals surface area (Å²) in [5, 5.41) is 5.54. The van der Waals surface area contributed by atoms with Crippen LogP contribution in [0.2, 0.25) is 0 Å². The van der Waals surface area contributed by atoms with E-state index in [0.717, 1.165) is 27.6 Å². The van der Waals surface area contributed by atoms with Gasteiger partial charge >= 0.3 is 0 Å². The van der Waals surface area contributed by atoms with Gasteiger partial charge in [-0.1, -0.05) is 54.4 Å². The number of carbonyl (C=O) groups excluding carboxylic acids is 2. The lowest BCUT2D eigenvalue weighted by Crippen LogP contribution is -2.25. The zero-order valence-electron chi connectivity index (χ0n) is 17.7. The second-order valence-corrected chi connectivity index (χ2v) is 7.11. The molecule has 0 saturated carbocycles. The van der Waals surface area contributed by atoms with Crippen LogP contribution in [0.4, 0.5) is 5.69 Å². The number of benzene rings is 2. The van der Waals surface area contributed by atoms with Crippen molar-refractivity contribution in [2.75, 3.05) is 12.8 Å². The van der Waals surface area contributed by atoms with Gasteiger partial charge in [-0.15, -0.1) is 0 Å². The van der Waals surface area contributed by atoms with Crippen molar-refractivity contribution in [3.63, 3.8) is 0 Å². The average Bonchev–Trinajstić information content (AvgIpc) is 2.75. The molecule has 0 saturated heterocycles. The van der Waals surface area contributed by atoms with Gasteiger partial charge in [0.25, 0.3) is 11.8 Å². The number of anilines is 1. The molecule has 0 bridgehead atoms. The molecule has 0 atom stereocenters. The number of hydrogen-bond donors (Lipinski definition) is 3. The van der Waals surface area contributed by atoms with Crippen molar-refractivity contribution in [3.05, 3.63) is 69.2 Å². The fourth-order valence-corrected chi connectivity index (χ4v) is 3.02. The molecule has 0 heterocycles. The molecule has 0 aliphatic heterocycles. The minimum atomic E-state index is -0.172. The Balaban J connectivity index is 0.00000204. The van der Waals surface area contributed by atoms with Crippen LogP contribution in [0.15, 0.2) is 52.5 Å². The van der Waals surface area contributed by atoms with Crippen LogP contribution in [-0.4, -0.2) is 18.9 Å². The summed E-state index contributed by atoms with van der Waals surface area (Å²) in [5.74, 6) is -0.311. The predicted molar refractivity (Wildman–Crippen MR) is 124 cm³/mol. The van der Waals surface area contributed by atoms with E-state index in [4.69, 9.17) is 5.73 Å². The van der Waals surface area contributed by atoms with E-state index in [1.54, 1.807) is 25.2 Å². The highest BCUT2D eigenvalue weighted by atomic mass is 79.9. The van der Waals surface area contributed by atoms with Crippen LogP contribution in [0.3, 0.4) is 0 Å².